The number of hydrazine groups is 1. The maximum atomic E-state index is 13.3. The Morgan fingerprint density at radius 3 is 2.56 bits per heavy atom. The molecule has 2 atom stereocenters. The van der Waals surface area contributed by atoms with Gasteiger partial charge in [0.2, 0.25) is 0 Å². The Morgan fingerprint density at radius 1 is 1.44 bits per heavy atom. The van der Waals surface area contributed by atoms with E-state index in [1.807, 2.05) is 19.9 Å². The van der Waals surface area contributed by atoms with Crippen LogP contribution >= 0.6 is 0 Å². The molecule has 4 heteroatoms. The summed E-state index contributed by atoms with van der Waals surface area (Å²) in [6.07, 6.45) is 0.743. The molecule has 0 aromatic heterocycles. The highest BCUT2D eigenvalue weighted by Gasteiger charge is 2.20. The quantitative estimate of drug-likeness (QED) is 0.597. The second-order valence-electron chi connectivity index (χ2n) is 3.89. The lowest BCUT2D eigenvalue weighted by molar-refractivity contribution is 0.0650. The number of methoxy groups -OCH3 is 1. The van der Waals surface area contributed by atoms with Gasteiger partial charge in [-0.1, -0.05) is 13.0 Å². The normalized spacial score (nSPS) is 14.8. The highest BCUT2D eigenvalue weighted by Crippen LogP contribution is 2.22. The summed E-state index contributed by atoms with van der Waals surface area (Å²) in [6, 6.07) is 4.70. The fraction of sp³-hybridized carbons (Fsp3) is 0.500. The Kier molecular flexibility index (Phi) is 4.86. The predicted octanol–water partition coefficient (Wildman–Crippen LogP) is 2.06. The molecule has 0 radical (unpaired) electrons. The Bertz CT molecular complexity index is 320. The lowest BCUT2D eigenvalue weighted by atomic mass is 9.98. The number of nitrogens with two attached hydrogens (primary N) is 1. The number of aryl methyl sites for hydroxylation is 1. The van der Waals surface area contributed by atoms with Crippen molar-refractivity contribution < 1.29 is 9.13 Å². The van der Waals surface area contributed by atoms with Crippen molar-refractivity contribution in [3.05, 3.63) is 35.1 Å². The minimum absolute atomic E-state index is 0.0637. The van der Waals surface area contributed by atoms with Gasteiger partial charge >= 0.3 is 0 Å². The fourth-order valence-corrected chi connectivity index (χ4v) is 1.90. The van der Waals surface area contributed by atoms with Crippen LogP contribution in [0.25, 0.3) is 0 Å². The molecule has 1 rings (SSSR count). The predicted molar refractivity (Wildman–Crippen MR) is 62.3 cm³/mol. The summed E-state index contributed by atoms with van der Waals surface area (Å²) < 4.78 is 18.6. The van der Waals surface area contributed by atoms with Gasteiger partial charge in [0.15, 0.2) is 0 Å². The number of nitrogens with one attached hydrogen (secondary N) is 1. The summed E-state index contributed by atoms with van der Waals surface area (Å²) in [7, 11) is 1.63. The summed E-state index contributed by atoms with van der Waals surface area (Å²) in [5.74, 6) is 5.26. The maximum absolute atomic E-state index is 13.3. The van der Waals surface area contributed by atoms with Gasteiger partial charge in [0, 0.05) is 7.11 Å². The van der Waals surface area contributed by atoms with Crippen LogP contribution in [0, 0.1) is 12.7 Å². The van der Waals surface area contributed by atoms with E-state index < -0.39 is 0 Å². The second-order valence-corrected chi connectivity index (χ2v) is 3.89. The monoisotopic (exact) mass is 226 g/mol. The average Bonchev–Trinajstić information content (AvgIpc) is 2.24. The van der Waals surface area contributed by atoms with E-state index in [2.05, 4.69) is 5.43 Å². The van der Waals surface area contributed by atoms with E-state index in [9.17, 15) is 4.39 Å². The van der Waals surface area contributed by atoms with Crippen molar-refractivity contribution in [3.8, 4) is 0 Å². The van der Waals surface area contributed by atoms with E-state index in [0.29, 0.717) is 0 Å². The van der Waals surface area contributed by atoms with Gasteiger partial charge in [0.25, 0.3) is 0 Å². The lowest BCUT2D eigenvalue weighted by Gasteiger charge is -2.25. The van der Waals surface area contributed by atoms with Crippen LogP contribution in [0.4, 0.5) is 4.39 Å². The molecule has 3 nitrogen and oxygen atoms in total. The third-order valence-corrected chi connectivity index (χ3v) is 2.68. The van der Waals surface area contributed by atoms with E-state index >= 15 is 0 Å². The summed E-state index contributed by atoms with van der Waals surface area (Å²) in [6.45, 7) is 3.86. The molecule has 0 aliphatic rings. The molecule has 0 saturated carbocycles. The Morgan fingerprint density at radius 2 is 2.12 bits per heavy atom. The molecule has 0 amide bonds. The molecular weight excluding hydrogens is 207 g/mol. The van der Waals surface area contributed by atoms with Crippen LogP contribution in [-0.2, 0) is 4.74 Å². The highest BCUT2D eigenvalue weighted by atomic mass is 19.1. The molecule has 0 fully saturated rings. The lowest BCUT2D eigenvalue weighted by Crippen LogP contribution is -2.37. The van der Waals surface area contributed by atoms with Gasteiger partial charge in [-0.25, -0.2) is 4.39 Å². The number of benzene rings is 1. The molecule has 1 aromatic carbocycles. The molecule has 0 spiro atoms. The maximum Gasteiger partial charge on any atom is 0.123 e. The smallest absolute Gasteiger partial charge is 0.123 e. The van der Waals surface area contributed by atoms with Crippen LogP contribution in [0.2, 0.25) is 0 Å². The third kappa shape index (κ3) is 3.01. The summed E-state index contributed by atoms with van der Waals surface area (Å²) >= 11 is 0. The molecule has 0 heterocycles. The number of hydrogen-bond acceptors (Lipinski definition) is 3. The fourth-order valence-electron chi connectivity index (χ4n) is 1.90. The van der Waals surface area contributed by atoms with Crippen LogP contribution in [0.5, 0.6) is 0 Å². The third-order valence-electron chi connectivity index (χ3n) is 2.68. The molecule has 0 aliphatic heterocycles. The SMILES string of the molecule is CCC(OC)C(NN)c1cc(C)cc(F)c1. The first-order valence-corrected chi connectivity index (χ1v) is 5.38. The van der Waals surface area contributed by atoms with Crippen LogP contribution < -0.4 is 11.3 Å². The molecule has 90 valence electrons. The van der Waals surface area contributed by atoms with Crippen molar-refractivity contribution in [3.63, 3.8) is 0 Å². The Balaban J connectivity index is 3.02. The van der Waals surface area contributed by atoms with E-state index in [4.69, 9.17) is 10.6 Å². The molecule has 1 aromatic rings. The Labute approximate surface area is 95.8 Å². The molecule has 0 saturated heterocycles. The summed E-state index contributed by atoms with van der Waals surface area (Å²) in [5, 5.41) is 0. The van der Waals surface area contributed by atoms with Crippen molar-refractivity contribution in [2.24, 2.45) is 5.84 Å². The largest absolute Gasteiger partial charge is 0.379 e. The number of halogens is 1. The van der Waals surface area contributed by atoms with Crippen molar-refractivity contribution in [1.29, 1.82) is 0 Å². The van der Waals surface area contributed by atoms with E-state index in [-0.39, 0.29) is 18.0 Å². The van der Waals surface area contributed by atoms with Gasteiger partial charge in [-0.3, -0.25) is 11.3 Å². The van der Waals surface area contributed by atoms with Gasteiger partial charge in [-0.15, -0.1) is 0 Å². The van der Waals surface area contributed by atoms with E-state index in [1.165, 1.54) is 12.1 Å². The zero-order chi connectivity index (χ0) is 12.1. The zero-order valence-corrected chi connectivity index (χ0v) is 9.96. The van der Waals surface area contributed by atoms with Gasteiger partial charge in [0.1, 0.15) is 5.82 Å². The van der Waals surface area contributed by atoms with Gasteiger partial charge in [-0.05, 0) is 36.6 Å². The molecule has 0 bridgehead atoms. The van der Waals surface area contributed by atoms with Crippen molar-refractivity contribution >= 4 is 0 Å². The van der Waals surface area contributed by atoms with Crippen molar-refractivity contribution in [1.82, 2.24) is 5.43 Å². The van der Waals surface area contributed by atoms with Gasteiger partial charge in [-0.2, -0.15) is 0 Å². The van der Waals surface area contributed by atoms with Crippen LogP contribution in [0.15, 0.2) is 18.2 Å². The minimum atomic E-state index is -0.249. The van der Waals surface area contributed by atoms with Gasteiger partial charge in [0.05, 0.1) is 12.1 Å². The van der Waals surface area contributed by atoms with Crippen LogP contribution in [-0.4, -0.2) is 13.2 Å². The zero-order valence-electron chi connectivity index (χ0n) is 9.96. The second kappa shape index (κ2) is 5.94. The first kappa shape index (κ1) is 13.1. The summed E-state index contributed by atoms with van der Waals surface area (Å²) in [5.41, 5.74) is 4.37. The van der Waals surface area contributed by atoms with E-state index in [1.54, 1.807) is 7.11 Å². The van der Waals surface area contributed by atoms with Crippen molar-refractivity contribution in [2.45, 2.75) is 32.4 Å². The Hall–Kier alpha value is -0.970. The molecule has 0 aliphatic carbocycles. The van der Waals surface area contributed by atoms with Crippen LogP contribution in [0.3, 0.4) is 0 Å². The van der Waals surface area contributed by atoms with E-state index in [0.717, 1.165) is 17.5 Å². The standard InChI is InChI=1S/C12H19FN2O/c1-4-11(16-3)12(15-14)9-5-8(2)6-10(13)7-9/h5-7,11-12,15H,4,14H2,1-3H3. The topological polar surface area (TPSA) is 47.3 Å². The molecule has 16 heavy (non-hydrogen) atoms. The molecular formula is C12H19FN2O. The van der Waals surface area contributed by atoms with Crippen molar-refractivity contribution in [2.75, 3.05) is 7.11 Å². The van der Waals surface area contributed by atoms with Crippen LogP contribution in [0.1, 0.15) is 30.5 Å². The minimum Gasteiger partial charge on any atom is -0.379 e. The first-order valence-electron chi connectivity index (χ1n) is 5.38. The molecule has 3 N–H and O–H groups in total. The first-order chi connectivity index (χ1) is 7.62. The molecule has 2 unspecified atom stereocenters. The van der Waals surface area contributed by atoms with Gasteiger partial charge < -0.3 is 4.74 Å². The number of rotatable bonds is 5. The highest BCUT2D eigenvalue weighted by molar-refractivity contribution is 5.27. The average molecular weight is 226 g/mol. The number of hydrogen-bond donors (Lipinski definition) is 2. The number of ether oxygens (including phenoxy) is 1. The summed E-state index contributed by atoms with van der Waals surface area (Å²) in [4.78, 5) is 0.